The van der Waals surface area contributed by atoms with Gasteiger partial charge in [0, 0.05) is 0 Å². The highest BCUT2D eigenvalue weighted by atomic mass is 32.2. The zero-order chi connectivity index (χ0) is 13.2. The van der Waals surface area contributed by atoms with Gasteiger partial charge in [0.2, 0.25) is 0 Å². The van der Waals surface area contributed by atoms with Gasteiger partial charge >= 0.3 is 0 Å². The first-order chi connectivity index (χ1) is 8.49. The summed E-state index contributed by atoms with van der Waals surface area (Å²) in [6.07, 6.45) is 3.94. The Morgan fingerprint density at radius 1 is 1.22 bits per heavy atom. The van der Waals surface area contributed by atoms with Crippen LogP contribution in [0.3, 0.4) is 0 Å². The molecule has 0 atom stereocenters. The summed E-state index contributed by atoms with van der Waals surface area (Å²) in [5, 5.41) is 9.24. The number of nitrogens with zero attached hydrogens (tertiary/aromatic N) is 2. The SMILES string of the molecule is Nc1cc(S(=O)(=O)Nc2cncnc2)ccc1O. The van der Waals surface area contributed by atoms with Crippen LogP contribution in [0.2, 0.25) is 0 Å². The monoisotopic (exact) mass is 266 g/mol. The predicted octanol–water partition coefficient (Wildman–Crippen LogP) is 0.565. The molecule has 0 amide bonds. The molecular formula is C10H10N4O3S. The molecule has 94 valence electrons. The summed E-state index contributed by atoms with van der Waals surface area (Å²) < 4.78 is 26.2. The first-order valence-electron chi connectivity index (χ1n) is 4.85. The lowest BCUT2D eigenvalue weighted by molar-refractivity contribution is 0.477. The van der Waals surface area contributed by atoms with E-state index in [1.54, 1.807) is 0 Å². The van der Waals surface area contributed by atoms with E-state index in [2.05, 4.69) is 14.7 Å². The van der Waals surface area contributed by atoms with Crippen LogP contribution in [-0.2, 0) is 10.0 Å². The summed E-state index contributed by atoms with van der Waals surface area (Å²) in [4.78, 5) is 7.33. The van der Waals surface area contributed by atoms with E-state index in [0.29, 0.717) is 0 Å². The summed E-state index contributed by atoms with van der Waals surface area (Å²) in [6.45, 7) is 0. The summed E-state index contributed by atoms with van der Waals surface area (Å²) in [6, 6.07) is 3.63. The molecule has 2 aromatic rings. The molecule has 18 heavy (non-hydrogen) atoms. The zero-order valence-electron chi connectivity index (χ0n) is 9.11. The van der Waals surface area contributed by atoms with E-state index in [9.17, 15) is 13.5 Å². The smallest absolute Gasteiger partial charge is 0.262 e. The normalized spacial score (nSPS) is 11.1. The number of nitrogens with two attached hydrogens (primary N) is 1. The maximum atomic E-state index is 12.0. The van der Waals surface area contributed by atoms with Crippen molar-refractivity contribution in [2.75, 3.05) is 10.5 Å². The molecule has 0 radical (unpaired) electrons. The van der Waals surface area contributed by atoms with Gasteiger partial charge in [-0.05, 0) is 18.2 Å². The van der Waals surface area contributed by atoms with Crippen molar-refractivity contribution in [2.24, 2.45) is 0 Å². The minimum atomic E-state index is -3.77. The maximum Gasteiger partial charge on any atom is 0.262 e. The molecule has 0 saturated carbocycles. The maximum absolute atomic E-state index is 12.0. The second-order valence-electron chi connectivity index (χ2n) is 3.45. The average molecular weight is 266 g/mol. The lowest BCUT2D eigenvalue weighted by atomic mass is 10.3. The van der Waals surface area contributed by atoms with Crippen LogP contribution < -0.4 is 10.5 Å². The molecule has 8 heteroatoms. The third kappa shape index (κ3) is 2.48. The molecular weight excluding hydrogens is 256 g/mol. The first-order valence-corrected chi connectivity index (χ1v) is 6.34. The largest absolute Gasteiger partial charge is 0.506 e. The molecule has 7 nitrogen and oxygen atoms in total. The van der Waals surface area contributed by atoms with Gasteiger partial charge < -0.3 is 10.8 Å². The van der Waals surface area contributed by atoms with E-state index in [-0.39, 0.29) is 22.0 Å². The van der Waals surface area contributed by atoms with Crippen molar-refractivity contribution in [1.29, 1.82) is 0 Å². The van der Waals surface area contributed by atoms with Crippen LogP contribution in [0.1, 0.15) is 0 Å². The molecule has 0 spiro atoms. The highest BCUT2D eigenvalue weighted by Gasteiger charge is 2.15. The van der Waals surface area contributed by atoms with Gasteiger partial charge in [-0.1, -0.05) is 0 Å². The Kier molecular flexibility index (Phi) is 3.02. The van der Waals surface area contributed by atoms with Crippen LogP contribution in [0.25, 0.3) is 0 Å². The van der Waals surface area contributed by atoms with Crippen LogP contribution in [0.4, 0.5) is 11.4 Å². The van der Waals surface area contributed by atoms with Gasteiger partial charge in [-0.15, -0.1) is 0 Å². The third-order valence-corrected chi connectivity index (χ3v) is 3.50. The summed E-state index contributed by atoms with van der Waals surface area (Å²) in [7, 11) is -3.77. The number of hydrogen-bond donors (Lipinski definition) is 3. The molecule has 0 unspecified atom stereocenters. The van der Waals surface area contributed by atoms with Crippen molar-refractivity contribution in [1.82, 2.24) is 9.97 Å². The van der Waals surface area contributed by atoms with Crippen molar-refractivity contribution < 1.29 is 13.5 Å². The Bertz CT molecular complexity index is 658. The number of rotatable bonds is 3. The van der Waals surface area contributed by atoms with E-state index in [0.717, 1.165) is 0 Å². The van der Waals surface area contributed by atoms with Crippen LogP contribution >= 0.6 is 0 Å². The van der Waals surface area contributed by atoms with Crippen LogP contribution in [0, 0.1) is 0 Å². The molecule has 4 N–H and O–H groups in total. The summed E-state index contributed by atoms with van der Waals surface area (Å²) in [5.74, 6) is -0.169. The fraction of sp³-hybridized carbons (Fsp3) is 0. The molecule has 2 rings (SSSR count). The molecule has 0 fully saturated rings. The van der Waals surface area contributed by atoms with Crippen LogP contribution in [0.15, 0.2) is 41.8 Å². The number of hydrogen-bond acceptors (Lipinski definition) is 6. The van der Waals surface area contributed by atoms with Gasteiger partial charge in [0.1, 0.15) is 12.1 Å². The van der Waals surface area contributed by atoms with Crippen molar-refractivity contribution in [2.45, 2.75) is 4.90 Å². The van der Waals surface area contributed by atoms with Gasteiger partial charge in [-0.25, -0.2) is 18.4 Å². The summed E-state index contributed by atoms with van der Waals surface area (Å²) >= 11 is 0. The predicted molar refractivity (Wildman–Crippen MR) is 65.4 cm³/mol. The van der Waals surface area contributed by atoms with Gasteiger partial charge in [0.15, 0.2) is 0 Å². The van der Waals surface area contributed by atoms with Gasteiger partial charge in [-0.2, -0.15) is 0 Å². The lowest BCUT2D eigenvalue weighted by Gasteiger charge is -2.08. The molecule has 0 aliphatic heterocycles. The third-order valence-electron chi connectivity index (χ3n) is 2.12. The second kappa shape index (κ2) is 4.49. The Hall–Kier alpha value is -2.35. The van der Waals surface area contributed by atoms with Crippen LogP contribution in [-0.4, -0.2) is 23.5 Å². The molecule has 0 saturated heterocycles. The van der Waals surface area contributed by atoms with Crippen LogP contribution in [0.5, 0.6) is 5.75 Å². The van der Waals surface area contributed by atoms with E-state index in [4.69, 9.17) is 5.73 Å². The number of nitrogens with one attached hydrogen (secondary N) is 1. The zero-order valence-corrected chi connectivity index (χ0v) is 9.92. The number of phenolic OH excluding ortho intramolecular Hbond substituents is 1. The fourth-order valence-electron chi connectivity index (χ4n) is 1.27. The quantitative estimate of drug-likeness (QED) is 0.552. The second-order valence-corrected chi connectivity index (χ2v) is 5.14. The molecule has 1 aromatic heterocycles. The van der Waals surface area contributed by atoms with Gasteiger partial charge in [-0.3, -0.25) is 4.72 Å². The lowest BCUT2D eigenvalue weighted by Crippen LogP contribution is -2.13. The number of anilines is 2. The average Bonchev–Trinajstić information content (AvgIpc) is 2.33. The highest BCUT2D eigenvalue weighted by Crippen LogP contribution is 2.24. The standard InChI is InChI=1S/C10H10N4O3S/c11-9-3-8(1-2-10(9)15)18(16,17)14-7-4-12-6-13-5-7/h1-6,14-15H,11H2. The minimum absolute atomic E-state index is 0.0119. The van der Waals surface area contributed by atoms with Crippen molar-refractivity contribution in [3.05, 3.63) is 36.9 Å². The fourth-order valence-corrected chi connectivity index (χ4v) is 2.33. The van der Waals surface area contributed by atoms with Crippen molar-refractivity contribution in [3.63, 3.8) is 0 Å². The number of nitrogen functional groups attached to an aromatic ring is 1. The topological polar surface area (TPSA) is 118 Å². The number of benzene rings is 1. The molecule has 0 aliphatic rings. The van der Waals surface area contributed by atoms with E-state index >= 15 is 0 Å². The molecule has 1 heterocycles. The van der Waals surface area contributed by atoms with Crippen molar-refractivity contribution in [3.8, 4) is 5.75 Å². The van der Waals surface area contributed by atoms with Gasteiger partial charge in [0.05, 0.1) is 28.7 Å². The summed E-state index contributed by atoms with van der Waals surface area (Å²) in [5.41, 5.74) is 5.67. The number of phenols is 1. The molecule has 0 aliphatic carbocycles. The highest BCUT2D eigenvalue weighted by molar-refractivity contribution is 7.92. The Morgan fingerprint density at radius 2 is 1.89 bits per heavy atom. The van der Waals surface area contributed by atoms with E-state index in [1.165, 1.54) is 36.9 Å². The molecule has 1 aromatic carbocycles. The Morgan fingerprint density at radius 3 is 2.50 bits per heavy atom. The first kappa shape index (κ1) is 12.1. The minimum Gasteiger partial charge on any atom is -0.506 e. The van der Waals surface area contributed by atoms with Crippen molar-refractivity contribution >= 4 is 21.4 Å². The number of sulfonamides is 1. The van der Waals surface area contributed by atoms with Gasteiger partial charge in [0.25, 0.3) is 10.0 Å². The van der Waals surface area contributed by atoms with E-state index < -0.39 is 10.0 Å². The Balaban J connectivity index is 2.34. The number of aromatic hydroxyl groups is 1. The Labute approximate surface area is 103 Å². The molecule has 0 bridgehead atoms. The van der Waals surface area contributed by atoms with E-state index in [1.807, 2.05) is 0 Å². The number of aromatic nitrogens is 2.